The Bertz CT molecular complexity index is 328. The Kier molecular flexibility index (Phi) is 3.20. The second-order valence-electron chi connectivity index (χ2n) is 7.27. The van der Waals surface area contributed by atoms with Crippen molar-refractivity contribution in [1.29, 1.82) is 0 Å². The topological polar surface area (TPSA) is 32.3 Å². The van der Waals surface area contributed by atoms with E-state index in [0.29, 0.717) is 5.54 Å². The van der Waals surface area contributed by atoms with Gasteiger partial charge in [-0.05, 0) is 62.3 Å². The fourth-order valence-corrected chi connectivity index (χ4v) is 5.16. The van der Waals surface area contributed by atoms with Crippen molar-refractivity contribution in [2.45, 2.75) is 69.4 Å². The van der Waals surface area contributed by atoms with Crippen LogP contribution in [-0.2, 0) is 0 Å². The lowest BCUT2D eigenvalue weighted by molar-refractivity contribution is 0.103. The molecule has 4 fully saturated rings. The van der Waals surface area contributed by atoms with Gasteiger partial charge in [0.1, 0.15) is 0 Å². The average molecular weight is 272 g/mol. The van der Waals surface area contributed by atoms with Crippen molar-refractivity contribution < 1.29 is 5.11 Å². The number of hydrogen-bond acceptors (Lipinski definition) is 2. The summed E-state index contributed by atoms with van der Waals surface area (Å²) in [6.45, 7) is 1.04. The van der Waals surface area contributed by atoms with Gasteiger partial charge in [-0.25, -0.2) is 0 Å². The van der Waals surface area contributed by atoms with Crippen LogP contribution >= 0.6 is 12.4 Å². The number of aliphatic hydroxyl groups excluding tert-OH is 1. The summed E-state index contributed by atoms with van der Waals surface area (Å²) in [4.78, 5) is 0. The van der Waals surface area contributed by atoms with Crippen molar-refractivity contribution in [1.82, 2.24) is 5.32 Å². The first-order chi connectivity index (χ1) is 8.24. The van der Waals surface area contributed by atoms with Gasteiger partial charge in [0, 0.05) is 5.54 Å². The van der Waals surface area contributed by atoms with E-state index in [1.165, 1.54) is 44.9 Å². The molecule has 1 saturated heterocycles. The first-order valence-corrected chi connectivity index (χ1v) is 7.67. The molecule has 0 aromatic rings. The van der Waals surface area contributed by atoms with Crippen LogP contribution in [0, 0.1) is 17.3 Å². The molecular weight excluding hydrogens is 246 g/mol. The second kappa shape index (κ2) is 4.36. The van der Waals surface area contributed by atoms with Crippen molar-refractivity contribution in [2.24, 2.45) is 17.3 Å². The summed E-state index contributed by atoms with van der Waals surface area (Å²) in [5.41, 5.74) is 1.15. The second-order valence-corrected chi connectivity index (χ2v) is 7.27. The van der Waals surface area contributed by atoms with E-state index < -0.39 is 0 Å². The van der Waals surface area contributed by atoms with Crippen molar-refractivity contribution in [3.05, 3.63) is 0 Å². The van der Waals surface area contributed by atoms with Gasteiger partial charge in [0.15, 0.2) is 0 Å². The van der Waals surface area contributed by atoms with Crippen LogP contribution in [0.2, 0.25) is 0 Å². The Morgan fingerprint density at radius 1 is 0.944 bits per heavy atom. The van der Waals surface area contributed by atoms with Crippen molar-refractivity contribution in [3.8, 4) is 0 Å². The van der Waals surface area contributed by atoms with Gasteiger partial charge in [-0.1, -0.05) is 19.3 Å². The lowest BCUT2D eigenvalue weighted by Crippen LogP contribution is -2.44. The zero-order chi connectivity index (χ0) is 11.5. The van der Waals surface area contributed by atoms with Crippen LogP contribution in [0.25, 0.3) is 0 Å². The molecule has 104 valence electrons. The quantitative estimate of drug-likeness (QED) is 0.769. The summed E-state index contributed by atoms with van der Waals surface area (Å²) in [6.07, 6.45) is 12.3. The van der Waals surface area contributed by atoms with Crippen LogP contribution in [0.1, 0.15) is 57.8 Å². The predicted octanol–water partition coefficient (Wildman–Crippen LogP) is 2.88. The fraction of sp³-hybridized carbons (Fsp3) is 1.00. The van der Waals surface area contributed by atoms with E-state index in [0.717, 1.165) is 36.6 Å². The Hall–Kier alpha value is 0.210. The molecule has 0 bridgehead atoms. The van der Waals surface area contributed by atoms with Gasteiger partial charge >= 0.3 is 0 Å². The van der Waals surface area contributed by atoms with Gasteiger partial charge in [-0.15, -0.1) is 12.4 Å². The monoisotopic (exact) mass is 271 g/mol. The third-order valence-electron chi connectivity index (χ3n) is 6.28. The maximum atomic E-state index is 9.87. The lowest BCUT2D eigenvalue weighted by atomic mass is 9.82. The van der Waals surface area contributed by atoms with E-state index in [-0.39, 0.29) is 18.5 Å². The molecule has 1 aliphatic heterocycles. The predicted molar refractivity (Wildman–Crippen MR) is 75.0 cm³/mol. The molecule has 4 unspecified atom stereocenters. The highest BCUT2D eigenvalue weighted by molar-refractivity contribution is 5.85. The van der Waals surface area contributed by atoms with Gasteiger partial charge in [-0.3, -0.25) is 0 Å². The minimum Gasteiger partial charge on any atom is -0.393 e. The van der Waals surface area contributed by atoms with Crippen LogP contribution in [0.5, 0.6) is 0 Å². The van der Waals surface area contributed by atoms with E-state index in [1.54, 1.807) is 0 Å². The van der Waals surface area contributed by atoms with Crippen LogP contribution in [0.4, 0.5) is 0 Å². The number of rotatable bonds is 1. The molecule has 3 saturated carbocycles. The minimum atomic E-state index is -0.0256. The van der Waals surface area contributed by atoms with Gasteiger partial charge < -0.3 is 10.4 Å². The molecule has 18 heavy (non-hydrogen) atoms. The highest BCUT2D eigenvalue weighted by atomic mass is 35.5. The summed E-state index contributed by atoms with van der Waals surface area (Å²) in [5.74, 6) is 1.93. The molecule has 0 aromatic heterocycles. The third-order valence-corrected chi connectivity index (χ3v) is 6.28. The minimum absolute atomic E-state index is 0. The number of nitrogens with one attached hydrogen (secondary N) is 1. The van der Waals surface area contributed by atoms with E-state index in [2.05, 4.69) is 5.32 Å². The summed E-state index contributed by atoms with van der Waals surface area (Å²) in [6, 6.07) is 0. The van der Waals surface area contributed by atoms with Crippen molar-refractivity contribution in [2.75, 3.05) is 6.54 Å². The average Bonchev–Trinajstić information content (AvgIpc) is 3.18. The summed E-state index contributed by atoms with van der Waals surface area (Å²) < 4.78 is 0. The van der Waals surface area contributed by atoms with E-state index in [9.17, 15) is 5.11 Å². The molecule has 3 aliphatic carbocycles. The Labute approximate surface area is 116 Å². The maximum absolute atomic E-state index is 9.87. The number of hydrogen-bond donors (Lipinski definition) is 2. The molecule has 0 aromatic carbocycles. The van der Waals surface area contributed by atoms with Crippen LogP contribution in [0.3, 0.4) is 0 Å². The van der Waals surface area contributed by atoms with Crippen LogP contribution in [-0.4, -0.2) is 23.3 Å². The number of aliphatic hydroxyl groups is 1. The van der Waals surface area contributed by atoms with Crippen LogP contribution < -0.4 is 5.32 Å². The highest BCUT2D eigenvalue weighted by Gasteiger charge is 2.68. The Morgan fingerprint density at radius 2 is 1.72 bits per heavy atom. The van der Waals surface area contributed by atoms with Crippen LogP contribution in [0.15, 0.2) is 0 Å². The van der Waals surface area contributed by atoms with E-state index >= 15 is 0 Å². The molecular formula is C15H26ClNO. The normalized spacial score (nSPS) is 48.8. The zero-order valence-electron chi connectivity index (χ0n) is 11.2. The number of halogens is 1. The molecule has 1 heterocycles. The summed E-state index contributed by atoms with van der Waals surface area (Å²) >= 11 is 0. The van der Waals surface area contributed by atoms with E-state index in [4.69, 9.17) is 0 Å². The van der Waals surface area contributed by atoms with Gasteiger partial charge in [0.25, 0.3) is 0 Å². The molecule has 2 nitrogen and oxygen atoms in total. The van der Waals surface area contributed by atoms with Gasteiger partial charge in [0.05, 0.1) is 6.10 Å². The fourth-order valence-electron chi connectivity index (χ4n) is 5.16. The maximum Gasteiger partial charge on any atom is 0.0570 e. The third kappa shape index (κ3) is 1.92. The number of piperidine rings is 1. The SMILES string of the molecule is Cl.OC1CCNC2(C1)CC2C1CC12CCCCC2. The first-order valence-electron chi connectivity index (χ1n) is 7.67. The Balaban J connectivity index is 0.000001000. The Morgan fingerprint density at radius 3 is 2.44 bits per heavy atom. The molecule has 4 atom stereocenters. The molecule has 2 N–H and O–H groups in total. The molecule has 2 spiro atoms. The molecule has 0 radical (unpaired) electrons. The molecule has 4 rings (SSSR count). The zero-order valence-corrected chi connectivity index (χ0v) is 12.0. The summed E-state index contributed by atoms with van der Waals surface area (Å²) in [7, 11) is 0. The largest absolute Gasteiger partial charge is 0.393 e. The van der Waals surface area contributed by atoms with Crippen molar-refractivity contribution >= 4 is 12.4 Å². The van der Waals surface area contributed by atoms with E-state index in [1.807, 2.05) is 0 Å². The standard InChI is InChI=1S/C15H25NO.ClH/c17-11-4-7-16-15(8-11)10-13(15)12-9-14(12)5-2-1-3-6-14;/h11-13,16-17H,1-10H2;1H. The first kappa shape index (κ1) is 13.2. The van der Waals surface area contributed by atoms with Gasteiger partial charge in [0.2, 0.25) is 0 Å². The highest BCUT2D eigenvalue weighted by Crippen LogP contribution is 2.72. The smallest absolute Gasteiger partial charge is 0.0570 e. The molecule has 3 heteroatoms. The molecule has 0 amide bonds. The van der Waals surface area contributed by atoms with Crippen molar-refractivity contribution in [3.63, 3.8) is 0 Å². The summed E-state index contributed by atoms with van der Waals surface area (Å²) in [5, 5.41) is 13.6. The van der Waals surface area contributed by atoms with Gasteiger partial charge in [-0.2, -0.15) is 0 Å². The molecule has 4 aliphatic rings. The lowest BCUT2D eigenvalue weighted by Gasteiger charge is -2.30.